The van der Waals surface area contributed by atoms with Crippen molar-refractivity contribution in [2.24, 2.45) is 7.05 Å². The standard InChI is InChI=1S/C15H16N2O3/c1-4-20-12-7-5-11(6-8-12)14-9-13(10(2)18)15(19)17(3)16-14/h5-9H,4H2,1-3H3. The van der Waals surface area contributed by atoms with Gasteiger partial charge in [-0.3, -0.25) is 9.59 Å². The Kier molecular flexibility index (Phi) is 3.98. The van der Waals surface area contributed by atoms with Crippen molar-refractivity contribution >= 4 is 5.78 Å². The third-order valence-electron chi connectivity index (χ3n) is 2.90. The summed E-state index contributed by atoms with van der Waals surface area (Å²) in [7, 11) is 1.53. The molecule has 1 heterocycles. The van der Waals surface area contributed by atoms with Crippen molar-refractivity contribution in [1.82, 2.24) is 9.78 Å². The highest BCUT2D eigenvalue weighted by Crippen LogP contribution is 2.20. The van der Waals surface area contributed by atoms with Gasteiger partial charge in [-0.15, -0.1) is 0 Å². The lowest BCUT2D eigenvalue weighted by Crippen LogP contribution is -2.25. The van der Waals surface area contributed by atoms with E-state index in [9.17, 15) is 9.59 Å². The van der Waals surface area contributed by atoms with E-state index in [0.29, 0.717) is 12.3 Å². The minimum atomic E-state index is -0.382. The second-order valence-electron chi connectivity index (χ2n) is 4.39. The number of ether oxygens (including phenoxy) is 1. The fourth-order valence-corrected chi connectivity index (χ4v) is 1.89. The minimum absolute atomic E-state index is 0.145. The maximum absolute atomic E-state index is 11.8. The number of rotatable bonds is 4. The first kappa shape index (κ1) is 14.0. The Balaban J connectivity index is 2.47. The van der Waals surface area contributed by atoms with E-state index in [1.165, 1.54) is 24.7 Å². The van der Waals surface area contributed by atoms with Crippen LogP contribution in [0.3, 0.4) is 0 Å². The molecule has 0 aliphatic heterocycles. The number of hydrogen-bond donors (Lipinski definition) is 0. The van der Waals surface area contributed by atoms with Gasteiger partial charge in [-0.1, -0.05) is 0 Å². The Bertz CT molecular complexity index is 687. The predicted octanol–water partition coefficient (Wildman–Crippen LogP) is 2.05. The molecule has 0 saturated carbocycles. The van der Waals surface area contributed by atoms with Crippen LogP contribution in [0.1, 0.15) is 24.2 Å². The van der Waals surface area contributed by atoms with Crippen LogP contribution in [0.25, 0.3) is 11.3 Å². The number of Topliss-reactive ketones (excluding diaryl/α,β-unsaturated/α-hetero) is 1. The molecule has 0 amide bonds. The number of aryl methyl sites for hydroxylation is 1. The van der Waals surface area contributed by atoms with Gasteiger partial charge >= 0.3 is 0 Å². The number of ketones is 1. The molecule has 20 heavy (non-hydrogen) atoms. The summed E-state index contributed by atoms with van der Waals surface area (Å²) in [5, 5.41) is 4.17. The van der Waals surface area contributed by atoms with Gasteiger partial charge in [-0.05, 0) is 44.2 Å². The van der Waals surface area contributed by atoms with Gasteiger partial charge in [0, 0.05) is 12.6 Å². The third kappa shape index (κ3) is 2.77. The highest BCUT2D eigenvalue weighted by molar-refractivity contribution is 5.94. The zero-order chi connectivity index (χ0) is 14.7. The van der Waals surface area contributed by atoms with Crippen molar-refractivity contribution in [2.75, 3.05) is 6.61 Å². The van der Waals surface area contributed by atoms with Gasteiger partial charge in [0.25, 0.3) is 5.56 Å². The third-order valence-corrected chi connectivity index (χ3v) is 2.90. The van der Waals surface area contributed by atoms with Crippen LogP contribution in [0.15, 0.2) is 35.1 Å². The van der Waals surface area contributed by atoms with E-state index in [4.69, 9.17) is 4.74 Å². The Morgan fingerprint density at radius 3 is 2.50 bits per heavy atom. The number of benzene rings is 1. The van der Waals surface area contributed by atoms with Crippen LogP contribution in [-0.4, -0.2) is 22.2 Å². The van der Waals surface area contributed by atoms with Crippen molar-refractivity contribution in [3.63, 3.8) is 0 Å². The first-order chi connectivity index (χ1) is 9.52. The first-order valence-electron chi connectivity index (χ1n) is 6.35. The van der Waals surface area contributed by atoms with Crippen molar-refractivity contribution in [2.45, 2.75) is 13.8 Å². The topological polar surface area (TPSA) is 61.2 Å². The van der Waals surface area contributed by atoms with E-state index < -0.39 is 0 Å². The van der Waals surface area contributed by atoms with E-state index in [1.54, 1.807) is 0 Å². The molecule has 0 atom stereocenters. The lowest BCUT2D eigenvalue weighted by molar-refractivity contribution is 0.101. The maximum atomic E-state index is 11.8. The van der Waals surface area contributed by atoms with Crippen LogP contribution < -0.4 is 10.3 Å². The molecule has 0 fully saturated rings. The predicted molar refractivity (Wildman–Crippen MR) is 76.1 cm³/mol. The SMILES string of the molecule is CCOc1ccc(-c2cc(C(C)=O)c(=O)n(C)n2)cc1. The van der Waals surface area contributed by atoms with Crippen molar-refractivity contribution < 1.29 is 9.53 Å². The van der Waals surface area contributed by atoms with Gasteiger partial charge in [0.05, 0.1) is 17.9 Å². The minimum Gasteiger partial charge on any atom is -0.494 e. The molecule has 104 valence electrons. The molecular formula is C15H16N2O3. The zero-order valence-corrected chi connectivity index (χ0v) is 11.7. The fraction of sp³-hybridized carbons (Fsp3) is 0.267. The normalized spacial score (nSPS) is 10.3. The van der Waals surface area contributed by atoms with Crippen LogP contribution in [-0.2, 0) is 7.05 Å². The van der Waals surface area contributed by atoms with Crippen LogP contribution in [0, 0.1) is 0 Å². The van der Waals surface area contributed by atoms with Crippen molar-refractivity contribution in [3.8, 4) is 17.0 Å². The number of aromatic nitrogens is 2. The van der Waals surface area contributed by atoms with Crippen molar-refractivity contribution in [3.05, 3.63) is 46.2 Å². The average Bonchev–Trinajstić information content (AvgIpc) is 2.42. The van der Waals surface area contributed by atoms with Gasteiger partial charge in [-0.25, -0.2) is 4.68 Å². The molecule has 0 saturated heterocycles. The Hall–Kier alpha value is -2.43. The number of carbonyl (C=O) groups is 1. The summed E-state index contributed by atoms with van der Waals surface area (Å²) < 4.78 is 6.55. The molecule has 2 aromatic rings. The lowest BCUT2D eigenvalue weighted by Gasteiger charge is -2.07. The molecule has 0 spiro atoms. The van der Waals surface area contributed by atoms with Gasteiger partial charge in [0.2, 0.25) is 0 Å². The summed E-state index contributed by atoms with van der Waals surface area (Å²) in [6.45, 7) is 3.90. The molecule has 0 N–H and O–H groups in total. The summed E-state index contributed by atoms with van der Waals surface area (Å²) in [4.78, 5) is 23.3. The fourth-order valence-electron chi connectivity index (χ4n) is 1.89. The summed E-state index contributed by atoms with van der Waals surface area (Å²) in [6, 6.07) is 8.89. The molecule has 0 radical (unpaired) electrons. The van der Waals surface area contributed by atoms with E-state index in [-0.39, 0.29) is 16.9 Å². The molecule has 0 aliphatic carbocycles. The van der Waals surface area contributed by atoms with Crippen molar-refractivity contribution in [1.29, 1.82) is 0 Å². The van der Waals surface area contributed by atoms with Crippen LogP contribution in [0.2, 0.25) is 0 Å². The number of carbonyl (C=O) groups excluding carboxylic acids is 1. The highest BCUT2D eigenvalue weighted by Gasteiger charge is 2.11. The van der Waals surface area contributed by atoms with E-state index in [0.717, 1.165) is 11.3 Å². The largest absolute Gasteiger partial charge is 0.494 e. The monoisotopic (exact) mass is 272 g/mol. The van der Waals surface area contributed by atoms with Crippen LogP contribution in [0.5, 0.6) is 5.75 Å². The molecular weight excluding hydrogens is 256 g/mol. The summed E-state index contributed by atoms with van der Waals surface area (Å²) >= 11 is 0. The molecule has 1 aromatic heterocycles. The molecule has 0 bridgehead atoms. The van der Waals surface area contributed by atoms with Gasteiger partial charge < -0.3 is 4.74 Å². The van der Waals surface area contributed by atoms with E-state index in [1.807, 2.05) is 31.2 Å². The lowest BCUT2D eigenvalue weighted by atomic mass is 10.1. The van der Waals surface area contributed by atoms with E-state index >= 15 is 0 Å². The summed E-state index contributed by atoms with van der Waals surface area (Å²) in [5.74, 6) is 0.507. The molecule has 0 aliphatic rings. The van der Waals surface area contributed by atoms with Gasteiger partial charge in [0.1, 0.15) is 5.75 Å². The Morgan fingerprint density at radius 1 is 1.30 bits per heavy atom. The molecule has 5 nitrogen and oxygen atoms in total. The number of nitrogens with zero attached hydrogens (tertiary/aromatic N) is 2. The summed E-state index contributed by atoms with van der Waals surface area (Å²) in [6.07, 6.45) is 0. The van der Waals surface area contributed by atoms with Crippen LogP contribution in [0.4, 0.5) is 0 Å². The quantitative estimate of drug-likeness (QED) is 0.799. The maximum Gasteiger partial charge on any atom is 0.277 e. The van der Waals surface area contributed by atoms with Gasteiger partial charge in [0.15, 0.2) is 5.78 Å². The van der Waals surface area contributed by atoms with Crippen LogP contribution >= 0.6 is 0 Å². The molecule has 2 rings (SSSR count). The Labute approximate surface area is 116 Å². The number of hydrogen-bond acceptors (Lipinski definition) is 4. The molecule has 0 unspecified atom stereocenters. The average molecular weight is 272 g/mol. The zero-order valence-electron chi connectivity index (χ0n) is 11.7. The Morgan fingerprint density at radius 2 is 1.95 bits per heavy atom. The smallest absolute Gasteiger partial charge is 0.277 e. The highest BCUT2D eigenvalue weighted by atomic mass is 16.5. The second-order valence-corrected chi connectivity index (χ2v) is 4.39. The van der Waals surface area contributed by atoms with Gasteiger partial charge in [-0.2, -0.15) is 5.10 Å². The summed E-state index contributed by atoms with van der Waals surface area (Å²) in [5.41, 5.74) is 1.17. The molecule has 1 aromatic carbocycles. The van der Waals surface area contributed by atoms with E-state index in [2.05, 4.69) is 5.10 Å². The molecule has 5 heteroatoms. The first-order valence-corrected chi connectivity index (χ1v) is 6.35. The second kappa shape index (κ2) is 5.69.